The fourth-order valence-corrected chi connectivity index (χ4v) is 4.55. The van der Waals surface area contributed by atoms with Crippen LogP contribution in [0.1, 0.15) is 51.9 Å². The molecule has 3 rings (SSSR count). The molecule has 0 aromatic carbocycles. The van der Waals surface area contributed by atoms with Crippen LogP contribution in [-0.2, 0) is 9.53 Å². The maximum Gasteiger partial charge on any atom is 0.409 e. The lowest BCUT2D eigenvalue weighted by atomic mass is 9.88. The molecule has 0 spiro atoms. The standard InChI is InChI=1S/C19H33N3O3/c1-2-25-19(24)22-12-9-17(15-22)20-10-6-11-21(14-13-20)18(23)16-7-4-3-5-8-16/h16-17H,2-15H2,1H3. The molecule has 142 valence electrons. The third-order valence-corrected chi connectivity index (χ3v) is 6.00. The van der Waals surface area contributed by atoms with Gasteiger partial charge in [0.05, 0.1) is 6.61 Å². The number of hydrogen-bond acceptors (Lipinski definition) is 4. The van der Waals surface area contributed by atoms with E-state index in [-0.39, 0.29) is 12.0 Å². The molecule has 2 amide bonds. The van der Waals surface area contributed by atoms with Crippen molar-refractivity contribution in [3.63, 3.8) is 0 Å². The third-order valence-electron chi connectivity index (χ3n) is 6.00. The summed E-state index contributed by atoms with van der Waals surface area (Å²) < 4.78 is 5.12. The summed E-state index contributed by atoms with van der Waals surface area (Å²) in [7, 11) is 0. The Morgan fingerprint density at radius 3 is 2.44 bits per heavy atom. The molecular weight excluding hydrogens is 318 g/mol. The second-order valence-corrected chi connectivity index (χ2v) is 7.64. The van der Waals surface area contributed by atoms with Crippen molar-refractivity contribution in [3.8, 4) is 0 Å². The Bertz CT molecular complexity index is 465. The van der Waals surface area contributed by atoms with Crippen molar-refractivity contribution in [2.45, 2.75) is 57.9 Å². The van der Waals surface area contributed by atoms with Gasteiger partial charge in [0.15, 0.2) is 0 Å². The minimum Gasteiger partial charge on any atom is -0.450 e. The minimum atomic E-state index is -0.186. The summed E-state index contributed by atoms with van der Waals surface area (Å²) in [5.74, 6) is 0.659. The monoisotopic (exact) mass is 351 g/mol. The molecule has 2 saturated heterocycles. The van der Waals surface area contributed by atoms with Crippen LogP contribution in [0.2, 0.25) is 0 Å². The number of rotatable bonds is 3. The lowest BCUT2D eigenvalue weighted by Crippen LogP contribution is -2.42. The van der Waals surface area contributed by atoms with Crippen molar-refractivity contribution in [2.75, 3.05) is 45.9 Å². The first-order chi connectivity index (χ1) is 12.2. The summed E-state index contributed by atoms with van der Waals surface area (Å²) in [4.78, 5) is 31.1. The number of ether oxygens (including phenoxy) is 1. The molecule has 6 heteroatoms. The summed E-state index contributed by atoms with van der Waals surface area (Å²) in [5, 5.41) is 0. The average Bonchev–Trinajstić information content (AvgIpc) is 3.01. The average molecular weight is 351 g/mol. The van der Waals surface area contributed by atoms with E-state index in [1.165, 1.54) is 19.3 Å². The fraction of sp³-hybridized carbons (Fsp3) is 0.895. The number of amides is 2. The fourth-order valence-electron chi connectivity index (χ4n) is 4.55. The predicted molar refractivity (Wildman–Crippen MR) is 96.3 cm³/mol. The number of nitrogens with zero attached hydrogens (tertiary/aromatic N) is 3. The maximum atomic E-state index is 12.8. The summed E-state index contributed by atoms with van der Waals surface area (Å²) in [6.07, 6.45) is 7.73. The minimum absolute atomic E-state index is 0.186. The lowest BCUT2D eigenvalue weighted by Gasteiger charge is -2.29. The van der Waals surface area contributed by atoms with Crippen LogP contribution < -0.4 is 0 Å². The Morgan fingerprint density at radius 1 is 0.880 bits per heavy atom. The van der Waals surface area contributed by atoms with E-state index in [0.717, 1.165) is 65.0 Å². The van der Waals surface area contributed by atoms with Crippen molar-refractivity contribution in [2.24, 2.45) is 5.92 Å². The van der Waals surface area contributed by atoms with Gasteiger partial charge in [-0.1, -0.05) is 19.3 Å². The Hall–Kier alpha value is -1.30. The molecule has 0 N–H and O–H groups in total. The summed E-state index contributed by atoms with van der Waals surface area (Å²) >= 11 is 0. The predicted octanol–water partition coefficient (Wildman–Crippen LogP) is 2.33. The van der Waals surface area contributed by atoms with Crippen molar-refractivity contribution in [1.29, 1.82) is 0 Å². The molecule has 0 radical (unpaired) electrons. The topological polar surface area (TPSA) is 53.1 Å². The third kappa shape index (κ3) is 4.66. The first kappa shape index (κ1) is 18.5. The number of likely N-dealkylation sites (tertiary alicyclic amines) is 1. The van der Waals surface area contributed by atoms with Crippen LogP contribution >= 0.6 is 0 Å². The number of carbonyl (C=O) groups excluding carboxylic acids is 2. The smallest absolute Gasteiger partial charge is 0.409 e. The van der Waals surface area contributed by atoms with E-state index in [1.54, 1.807) is 0 Å². The van der Waals surface area contributed by atoms with E-state index in [4.69, 9.17) is 4.74 Å². The van der Waals surface area contributed by atoms with Gasteiger partial charge in [0.1, 0.15) is 0 Å². The molecule has 0 bridgehead atoms. The van der Waals surface area contributed by atoms with Gasteiger partial charge in [-0.15, -0.1) is 0 Å². The second kappa shape index (κ2) is 8.88. The molecule has 2 aliphatic heterocycles. The summed E-state index contributed by atoms with van der Waals surface area (Å²) in [6, 6.07) is 0.411. The van der Waals surface area contributed by atoms with Crippen LogP contribution in [0, 0.1) is 5.92 Å². The zero-order valence-corrected chi connectivity index (χ0v) is 15.6. The van der Waals surface area contributed by atoms with Gasteiger partial charge in [0.2, 0.25) is 5.91 Å². The van der Waals surface area contributed by atoms with Gasteiger partial charge in [-0.25, -0.2) is 4.79 Å². The maximum absolute atomic E-state index is 12.8. The van der Waals surface area contributed by atoms with Gasteiger partial charge in [0.25, 0.3) is 0 Å². The Morgan fingerprint density at radius 2 is 1.68 bits per heavy atom. The lowest BCUT2D eigenvalue weighted by molar-refractivity contribution is -0.136. The Balaban J connectivity index is 1.48. The molecule has 2 heterocycles. The Labute approximate surface area is 151 Å². The van der Waals surface area contributed by atoms with E-state index in [0.29, 0.717) is 18.6 Å². The SMILES string of the molecule is CCOC(=O)N1CCC(N2CCCN(C(=O)C3CCCCC3)CC2)C1. The Kier molecular flexibility index (Phi) is 6.57. The molecule has 6 nitrogen and oxygen atoms in total. The molecular formula is C19H33N3O3. The number of hydrogen-bond donors (Lipinski definition) is 0. The zero-order chi connectivity index (χ0) is 17.6. The molecule has 3 aliphatic rings. The normalized spacial score (nSPS) is 26.5. The van der Waals surface area contributed by atoms with Crippen LogP contribution in [-0.4, -0.2) is 78.6 Å². The number of carbonyl (C=O) groups is 2. The van der Waals surface area contributed by atoms with Gasteiger partial charge < -0.3 is 14.5 Å². The van der Waals surface area contributed by atoms with Crippen LogP contribution in [0.4, 0.5) is 4.79 Å². The van der Waals surface area contributed by atoms with Crippen molar-refractivity contribution >= 4 is 12.0 Å². The molecule has 1 aliphatic carbocycles. The van der Waals surface area contributed by atoms with E-state index in [9.17, 15) is 9.59 Å². The largest absolute Gasteiger partial charge is 0.450 e. The molecule has 1 saturated carbocycles. The van der Waals surface area contributed by atoms with Crippen molar-refractivity contribution in [3.05, 3.63) is 0 Å². The molecule has 1 unspecified atom stereocenters. The van der Waals surface area contributed by atoms with Crippen molar-refractivity contribution in [1.82, 2.24) is 14.7 Å². The van der Waals surface area contributed by atoms with E-state index in [1.807, 2.05) is 11.8 Å². The first-order valence-electron chi connectivity index (χ1n) is 10.1. The highest BCUT2D eigenvalue weighted by molar-refractivity contribution is 5.79. The van der Waals surface area contributed by atoms with Crippen LogP contribution in [0.15, 0.2) is 0 Å². The van der Waals surface area contributed by atoms with Crippen LogP contribution in [0.3, 0.4) is 0 Å². The van der Waals surface area contributed by atoms with Gasteiger partial charge in [0, 0.05) is 51.2 Å². The highest BCUT2D eigenvalue weighted by atomic mass is 16.6. The van der Waals surface area contributed by atoms with Gasteiger partial charge in [-0.05, 0) is 32.6 Å². The van der Waals surface area contributed by atoms with Gasteiger partial charge >= 0.3 is 6.09 Å². The van der Waals surface area contributed by atoms with Gasteiger partial charge in [-0.2, -0.15) is 0 Å². The summed E-state index contributed by atoms with van der Waals surface area (Å²) in [6.45, 7) is 7.50. The molecule has 0 aromatic rings. The quantitative estimate of drug-likeness (QED) is 0.783. The van der Waals surface area contributed by atoms with Crippen LogP contribution in [0.25, 0.3) is 0 Å². The van der Waals surface area contributed by atoms with E-state index >= 15 is 0 Å². The highest BCUT2D eigenvalue weighted by Crippen LogP contribution is 2.26. The molecule has 3 fully saturated rings. The van der Waals surface area contributed by atoms with E-state index in [2.05, 4.69) is 9.80 Å². The zero-order valence-electron chi connectivity index (χ0n) is 15.6. The van der Waals surface area contributed by atoms with E-state index < -0.39 is 0 Å². The molecule has 1 atom stereocenters. The summed E-state index contributed by atoms with van der Waals surface area (Å²) in [5.41, 5.74) is 0. The van der Waals surface area contributed by atoms with Crippen molar-refractivity contribution < 1.29 is 14.3 Å². The highest BCUT2D eigenvalue weighted by Gasteiger charge is 2.33. The molecule has 25 heavy (non-hydrogen) atoms. The molecule has 0 aromatic heterocycles. The second-order valence-electron chi connectivity index (χ2n) is 7.64. The first-order valence-corrected chi connectivity index (χ1v) is 10.1. The van der Waals surface area contributed by atoms with Crippen LogP contribution in [0.5, 0.6) is 0 Å². The van der Waals surface area contributed by atoms with Gasteiger partial charge in [-0.3, -0.25) is 9.69 Å².